The van der Waals surface area contributed by atoms with Gasteiger partial charge in [0, 0.05) is 17.0 Å². The van der Waals surface area contributed by atoms with Crippen LogP contribution in [0.1, 0.15) is 43.2 Å². The van der Waals surface area contributed by atoms with E-state index < -0.39 is 0 Å². The molecule has 1 aromatic carbocycles. The van der Waals surface area contributed by atoms with E-state index in [0.717, 1.165) is 17.0 Å². The van der Waals surface area contributed by atoms with Crippen LogP contribution in [-0.4, -0.2) is 4.98 Å². The third kappa shape index (κ3) is 2.56. The van der Waals surface area contributed by atoms with Gasteiger partial charge in [0.2, 0.25) is 0 Å². The molecule has 0 bridgehead atoms. The van der Waals surface area contributed by atoms with Crippen molar-refractivity contribution in [3.8, 4) is 17.3 Å². The third-order valence-corrected chi connectivity index (χ3v) is 3.52. The molecule has 0 saturated heterocycles. The van der Waals surface area contributed by atoms with Crippen LogP contribution in [0.25, 0.3) is 11.3 Å². The van der Waals surface area contributed by atoms with Crippen molar-refractivity contribution in [3.05, 3.63) is 46.6 Å². The van der Waals surface area contributed by atoms with E-state index in [9.17, 15) is 0 Å². The Balaban J connectivity index is 2.49. The number of hydrogen-bond donors (Lipinski definition) is 1. The van der Waals surface area contributed by atoms with Crippen LogP contribution >= 0.6 is 0 Å². The van der Waals surface area contributed by atoms with Gasteiger partial charge < -0.3 is 4.98 Å². The smallest absolute Gasteiger partial charge is 0.101 e. The van der Waals surface area contributed by atoms with Gasteiger partial charge in [-0.3, -0.25) is 0 Å². The molecular formula is C17H20N2. The highest BCUT2D eigenvalue weighted by Gasteiger charge is 2.15. The molecule has 1 aromatic heterocycles. The SMILES string of the molecule is Cc1cc(C(C)(C)C)ccc1-c1cc(C#N)c(C)[nH]1. The van der Waals surface area contributed by atoms with E-state index in [0.29, 0.717) is 5.56 Å². The molecule has 2 heteroatoms. The second-order valence-electron chi connectivity index (χ2n) is 6.11. The van der Waals surface area contributed by atoms with Crippen molar-refractivity contribution in [3.63, 3.8) is 0 Å². The van der Waals surface area contributed by atoms with Gasteiger partial charge in [0.15, 0.2) is 0 Å². The molecule has 0 amide bonds. The van der Waals surface area contributed by atoms with E-state index in [-0.39, 0.29) is 5.41 Å². The monoisotopic (exact) mass is 252 g/mol. The predicted molar refractivity (Wildman–Crippen MR) is 79.1 cm³/mol. The second-order valence-corrected chi connectivity index (χ2v) is 6.11. The number of H-pyrrole nitrogens is 1. The summed E-state index contributed by atoms with van der Waals surface area (Å²) in [6.07, 6.45) is 0. The molecule has 0 aliphatic carbocycles. The number of aromatic nitrogens is 1. The van der Waals surface area contributed by atoms with E-state index in [1.165, 1.54) is 11.1 Å². The first kappa shape index (κ1) is 13.4. The van der Waals surface area contributed by atoms with Gasteiger partial charge in [0.05, 0.1) is 5.56 Å². The van der Waals surface area contributed by atoms with Crippen LogP contribution in [-0.2, 0) is 5.41 Å². The molecule has 0 unspecified atom stereocenters. The summed E-state index contributed by atoms with van der Waals surface area (Å²) in [6.45, 7) is 10.7. The maximum Gasteiger partial charge on any atom is 0.101 e. The second kappa shape index (κ2) is 4.59. The number of nitrogens with zero attached hydrogens (tertiary/aromatic N) is 1. The van der Waals surface area contributed by atoms with Crippen molar-refractivity contribution >= 4 is 0 Å². The quantitative estimate of drug-likeness (QED) is 0.799. The summed E-state index contributed by atoms with van der Waals surface area (Å²) in [5.74, 6) is 0. The normalized spacial score (nSPS) is 11.4. The average molecular weight is 252 g/mol. The maximum atomic E-state index is 9.03. The van der Waals surface area contributed by atoms with E-state index in [1.54, 1.807) is 0 Å². The molecule has 0 saturated carbocycles. The zero-order chi connectivity index (χ0) is 14.2. The summed E-state index contributed by atoms with van der Waals surface area (Å²) >= 11 is 0. The molecule has 0 spiro atoms. The third-order valence-electron chi connectivity index (χ3n) is 3.52. The van der Waals surface area contributed by atoms with Crippen molar-refractivity contribution in [2.75, 3.05) is 0 Å². The Morgan fingerprint density at radius 1 is 1.11 bits per heavy atom. The van der Waals surface area contributed by atoms with Crippen LogP contribution in [0.2, 0.25) is 0 Å². The van der Waals surface area contributed by atoms with E-state index in [2.05, 4.69) is 56.9 Å². The molecule has 0 radical (unpaired) electrons. The molecule has 1 heterocycles. The number of aryl methyl sites for hydroxylation is 2. The van der Waals surface area contributed by atoms with Crippen molar-refractivity contribution in [1.29, 1.82) is 5.26 Å². The minimum atomic E-state index is 0.159. The summed E-state index contributed by atoms with van der Waals surface area (Å²) in [7, 11) is 0. The summed E-state index contributed by atoms with van der Waals surface area (Å²) in [4.78, 5) is 3.29. The zero-order valence-corrected chi connectivity index (χ0v) is 12.3. The Labute approximate surface area is 115 Å². The minimum absolute atomic E-state index is 0.159. The molecule has 0 fully saturated rings. The molecule has 0 atom stereocenters. The van der Waals surface area contributed by atoms with Crippen LogP contribution in [0.5, 0.6) is 0 Å². The van der Waals surface area contributed by atoms with Gasteiger partial charge in [-0.15, -0.1) is 0 Å². The molecule has 2 aromatic rings. The average Bonchev–Trinajstić information content (AvgIpc) is 2.69. The summed E-state index contributed by atoms with van der Waals surface area (Å²) < 4.78 is 0. The maximum absolute atomic E-state index is 9.03. The molecule has 2 nitrogen and oxygen atoms in total. The van der Waals surface area contributed by atoms with Crippen molar-refractivity contribution in [2.24, 2.45) is 0 Å². The van der Waals surface area contributed by atoms with Crippen LogP contribution in [0.3, 0.4) is 0 Å². The molecule has 1 N–H and O–H groups in total. The van der Waals surface area contributed by atoms with Gasteiger partial charge in [0.1, 0.15) is 6.07 Å². The molecule has 0 aliphatic heterocycles. The van der Waals surface area contributed by atoms with E-state index >= 15 is 0 Å². The van der Waals surface area contributed by atoms with Crippen molar-refractivity contribution < 1.29 is 0 Å². The topological polar surface area (TPSA) is 39.6 Å². The highest BCUT2D eigenvalue weighted by molar-refractivity contribution is 5.67. The molecular weight excluding hydrogens is 232 g/mol. The predicted octanol–water partition coefficient (Wildman–Crippen LogP) is 4.47. The summed E-state index contributed by atoms with van der Waals surface area (Å²) in [5.41, 5.74) is 6.55. The first-order valence-electron chi connectivity index (χ1n) is 6.54. The van der Waals surface area contributed by atoms with Gasteiger partial charge in [-0.25, -0.2) is 0 Å². The number of aromatic amines is 1. The fraction of sp³-hybridized carbons (Fsp3) is 0.353. The Bertz CT molecular complexity index is 649. The molecule has 98 valence electrons. The largest absolute Gasteiger partial charge is 0.358 e. The van der Waals surface area contributed by atoms with Gasteiger partial charge in [-0.2, -0.15) is 5.26 Å². The van der Waals surface area contributed by atoms with Crippen LogP contribution in [0.4, 0.5) is 0 Å². The lowest BCUT2D eigenvalue weighted by Gasteiger charge is -2.20. The lowest BCUT2D eigenvalue weighted by atomic mass is 9.85. The fourth-order valence-corrected chi connectivity index (χ4v) is 2.25. The van der Waals surface area contributed by atoms with Gasteiger partial charge in [-0.05, 0) is 36.5 Å². The lowest BCUT2D eigenvalue weighted by molar-refractivity contribution is 0.590. The lowest BCUT2D eigenvalue weighted by Crippen LogP contribution is -2.11. The minimum Gasteiger partial charge on any atom is -0.358 e. The number of hydrogen-bond acceptors (Lipinski definition) is 1. The Morgan fingerprint density at radius 3 is 2.26 bits per heavy atom. The van der Waals surface area contributed by atoms with Crippen LogP contribution < -0.4 is 0 Å². The highest BCUT2D eigenvalue weighted by Crippen LogP contribution is 2.29. The number of benzene rings is 1. The molecule has 19 heavy (non-hydrogen) atoms. The molecule has 0 aliphatic rings. The summed E-state index contributed by atoms with van der Waals surface area (Å²) in [6, 6.07) is 10.7. The first-order valence-corrected chi connectivity index (χ1v) is 6.54. The Morgan fingerprint density at radius 2 is 1.79 bits per heavy atom. The van der Waals surface area contributed by atoms with Gasteiger partial charge in [0.25, 0.3) is 0 Å². The van der Waals surface area contributed by atoms with Crippen LogP contribution in [0, 0.1) is 25.2 Å². The molecule has 2 rings (SSSR count). The van der Waals surface area contributed by atoms with E-state index in [1.807, 2.05) is 13.0 Å². The van der Waals surface area contributed by atoms with Gasteiger partial charge in [-0.1, -0.05) is 39.0 Å². The summed E-state index contributed by atoms with van der Waals surface area (Å²) in [5, 5.41) is 9.03. The van der Waals surface area contributed by atoms with Gasteiger partial charge >= 0.3 is 0 Å². The van der Waals surface area contributed by atoms with E-state index in [4.69, 9.17) is 5.26 Å². The number of nitrogens with one attached hydrogen (secondary N) is 1. The Hall–Kier alpha value is -2.01. The number of rotatable bonds is 1. The van der Waals surface area contributed by atoms with Crippen molar-refractivity contribution in [2.45, 2.75) is 40.0 Å². The highest BCUT2D eigenvalue weighted by atomic mass is 14.7. The fourth-order valence-electron chi connectivity index (χ4n) is 2.25. The first-order chi connectivity index (χ1) is 8.82. The standard InChI is InChI=1S/C17H20N2/c1-11-8-14(17(3,4)5)6-7-15(11)16-9-13(10-18)12(2)19-16/h6-9,19H,1-5H3. The number of nitriles is 1. The van der Waals surface area contributed by atoms with Crippen LogP contribution in [0.15, 0.2) is 24.3 Å². The zero-order valence-electron chi connectivity index (χ0n) is 12.3. The Kier molecular flexibility index (Phi) is 3.24. The van der Waals surface area contributed by atoms with Crippen molar-refractivity contribution in [1.82, 2.24) is 4.98 Å².